The van der Waals surface area contributed by atoms with Gasteiger partial charge >= 0.3 is 6.03 Å². The summed E-state index contributed by atoms with van der Waals surface area (Å²) in [7, 11) is 0. The maximum Gasteiger partial charge on any atom is 0.325 e. The Bertz CT molecular complexity index is 897. The minimum absolute atomic E-state index is 0.0253. The molecule has 2 aliphatic heterocycles. The number of hydrogen-bond donors (Lipinski definition) is 1. The molecule has 0 spiro atoms. The van der Waals surface area contributed by atoms with Gasteiger partial charge < -0.3 is 19.7 Å². The van der Waals surface area contributed by atoms with E-state index >= 15 is 0 Å². The lowest BCUT2D eigenvalue weighted by Gasteiger charge is -2.18. The first-order chi connectivity index (χ1) is 14.1. The summed E-state index contributed by atoms with van der Waals surface area (Å²) in [6, 6.07) is 13.1. The Kier molecular flexibility index (Phi) is 5.55. The van der Waals surface area contributed by atoms with E-state index in [-0.39, 0.29) is 25.3 Å². The van der Waals surface area contributed by atoms with Gasteiger partial charge in [0.15, 0.2) is 11.5 Å². The van der Waals surface area contributed by atoms with Gasteiger partial charge in [-0.3, -0.25) is 9.69 Å². The highest BCUT2D eigenvalue weighted by Gasteiger charge is 2.31. The van der Waals surface area contributed by atoms with Crippen LogP contribution in [0.4, 0.5) is 16.2 Å². The molecule has 0 radical (unpaired) electrons. The third-order valence-electron chi connectivity index (χ3n) is 5.15. The minimum atomic E-state index is -0.202. The van der Waals surface area contributed by atoms with Gasteiger partial charge in [-0.15, -0.1) is 0 Å². The van der Waals surface area contributed by atoms with Crippen LogP contribution in [0.25, 0.3) is 0 Å². The van der Waals surface area contributed by atoms with Crippen molar-refractivity contribution in [1.29, 1.82) is 0 Å². The number of carbonyl (C=O) groups is 2. The summed E-state index contributed by atoms with van der Waals surface area (Å²) in [4.78, 5) is 28.3. The average molecular weight is 395 g/mol. The monoisotopic (exact) mass is 395 g/mol. The summed E-state index contributed by atoms with van der Waals surface area (Å²) in [5, 5.41) is 2.87. The van der Waals surface area contributed by atoms with Crippen molar-refractivity contribution in [3.8, 4) is 11.5 Å². The number of aryl methyl sites for hydroxylation is 1. The summed E-state index contributed by atoms with van der Waals surface area (Å²) < 4.78 is 10.7. The van der Waals surface area contributed by atoms with Gasteiger partial charge in [0.2, 0.25) is 12.7 Å². The van der Waals surface area contributed by atoms with Crippen molar-refractivity contribution in [2.45, 2.75) is 26.2 Å². The third kappa shape index (κ3) is 4.29. The predicted octanol–water partition coefficient (Wildman–Crippen LogP) is 3.64. The number of nitrogens with one attached hydrogen (secondary N) is 1. The lowest BCUT2D eigenvalue weighted by Crippen LogP contribution is -2.37. The topological polar surface area (TPSA) is 71.1 Å². The zero-order chi connectivity index (χ0) is 20.2. The number of nitrogens with zero attached hydrogens (tertiary/aromatic N) is 2. The molecule has 29 heavy (non-hydrogen) atoms. The molecular weight excluding hydrogens is 370 g/mol. The van der Waals surface area contributed by atoms with Crippen LogP contribution in [0.15, 0.2) is 42.5 Å². The second kappa shape index (κ2) is 8.43. The van der Waals surface area contributed by atoms with Crippen LogP contribution in [-0.4, -0.2) is 43.3 Å². The molecule has 2 heterocycles. The van der Waals surface area contributed by atoms with Crippen LogP contribution in [0.5, 0.6) is 11.5 Å². The van der Waals surface area contributed by atoms with Crippen LogP contribution in [0.3, 0.4) is 0 Å². The Labute approximate surface area is 170 Å². The Hall–Kier alpha value is -3.22. The van der Waals surface area contributed by atoms with Gasteiger partial charge in [0.25, 0.3) is 0 Å². The highest BCUT2D eigenvalue weighted by Crippen LogP contribution is 2.36. The van der Waals surface area contributed by atoms with E-state index < -0.39 is 0 Å². The molecule has 1 saturated heterocycles. The Morgan fingerprint density at radius 3 is 2.66 bits per heavy atom. The van der Waals surface area contributed by atoms with Crippen molar-refractivity contribution >= 4 is 23.3 Å². The Morgan fingerprint density at radius 1 is 1.07 bits per heavy atom. The lowest BCUT2D eigenvalue weighted by molar-refractivity contribution is -0.116. The summed E-state index contributed by atoms with van der Waals surface area (Å²) in [6.07, 6.45) is 3.36. The molecule has 7 heteroatoms. The molecule has 0 bridgehead atoms. The van der Waals surface area contributed by atoms with Crippen molar-refractivity contribution in [2.75, 3.05) is 36.6 Å². The van der Waals surface area contributed by atoms with E-state index in [1.807, 2.05) is 30.3 Å². The normalized spacial score (nSPS) is 15.1. The summed E-state index contributed by atoms with van der Waals surface area (Å²) >= 11 is 0. The fourth-order valence-corrected chi connectivity index (χ4v) is 3.53. The van der Waals surface area contributed by atoms with Crippen molar-refractivity contribution in [3.05, 3.63) is 48.0 Å². The highest BCUT2D eigenvalue weighted by atomic mass is 16.7. The number of carbonyl (C=O) groups excluding carboxylic acids is 2. The molecule has 4 rings (SSSR count). The molecule has 7 nitrogen and oxygen atoms in total. The van der Waals surface area contributed by atoms with Crippen LogP contribution in [0, 0.1) is 0 Å². The second-order valence-electron chi connectivity index (χ2n) is 7.24. The lowest BCUT2D eigenvalue weighted by atomic mass is 10.1. The maximum absolute atomic E-state index is 12.7. The van der Waals surface area contributed by atoms with Crippen LogP contribution < -0.4 is 19.7 Å². The van der Waals surface area contributed by atoms with Gasteiger partial charge in [-0.2, -0.15) is 0 Å². The number of rotatable bonds is 7. The van der Waals surface area contributed by atoms with E-state index in [9.17, 15) is 9.59 Å². The van der Waals surface area contributed by atoms with Crippen molar-refractivity contribution < 1.29 is 19.1 Å². The number of urea groups is 1. The van der Waals surface area contributed by atoms with Crippen molar-refractivity contribution in [1.82, 2.24) is 4.90 Å². The quantitative estimate of drug-likeness (QED) is 0.777. The number of unbranched alkanes of at least 4 members (excludes halogenated alkanes) is 1. The highest BCUT2D eigenvalue weighted by molar-refractivity contribution is 5.99. The van der Waals surface area contributed by atoms with Crippen molar-refractivity contribution in [3.63, 3.8) is 0 Å². The summed E-state index contributed by atoms with van der Waals surface area (Å²) in [5.41, 5.74) is 2.75. The SMILES string of the molecule is CCCCc1ccc(NC(=O)CN2CCN(c3ccc4c(c3)OCO4)C2=O)cc1. The summed E-state index contributed by atoms with van der Waals surface area (Å²) in [6.45, 7) is 3.41. The minimum Gasteiger partial charge on any atom is -0.454 e. The number of fused-ring (bicyclic) bond motifs is 1. The standard InChI is InChI=1S/C22H25N3O4/c1-2-3-4-16-5-7-17(8-6-16)23-21(26)14-24-11-12-25(22(24)27)18-9-10-19-20(13-18)29-15-28-19/h5-10,13H,2-4,11-12,14-15H2,1H3,(H,23,26). The number of benzene rings is 2. The van der Waals surface area contributed by atoms with E-state index in [4.69, 9.17) is 9.47 Å². The van der Waals surface area contributed by atoms with E-state index in [1.54, 1.807) is 21.9 Å². The van der Waals surface area contributed by atoms with Crippen LogP contribution in [0.1, 0.15) is 25.3 Å². The van der Waals surface area contributed by atoms with Gasteiger partial charge in [-0.1, -0.05) is 25.5 Å². The maximum atomic E-state index is 12.7. The Balaban J connectivity index is 1.33. The van der Waals surface area contributed by atoms with E-state index in [0.29, 0.717) is 24.6 Å². The predicted molar refractivity (Wildman–Crippen MR) is 111 cm³/mol. The van der Waals surface area contributed by atoms with Crippen LogP contribution in [-0.2, 0) is 11.2 Å². The largest absolute Gasteiger partial charge is 0.454 e. The molecule has 0 aliphatic carbocycles. The van der Waals surface area contributed by atoms with Crippen LogP contribution >= 0.6 is 0 Å². The van der Waals surface area contributed by atoms with E-state index in [1.165, 1.54) is 5.56 Å². The van der Waals surface area contributed by atoms with Crippen molar-refractivity contribution in [2.24, 2.45) is 0 Å². The average Bonchev–Trinajstić information content (AvgIpc) is 3.34. The molecule has 2 aromatic rings. The third-order valence-corrected chi connectivity index (χ3v) is 5.15. The molecule has 2 aliphatic rings. The van der Waals surface area contributed by atoms with Gasteiger partial charge in [-0.05, 0) is 42.7 Å². The van der Waals surface area contributed by atoms with Gasteiger partial charge in [0.1, 0.15) is 6.54 Å². The first kappa shape index (κ1) is 19.1. The number of hydrogen-bond acceptors (Lipinski definition) is 4. The molecule has 1 N–H and O–H groups in total. The molecule has 1 fully saturated rings. The van der Waals surface area contributed by atoms with Gasteiger partial charge in [-0.25, -0.2) is 4.79 Å². The molecule has 3 amide bonds. The molecule has 0 aromatic heterocycles. The zero-order valence-corrected chi connectivity index (χ0v) is 16.5. The Morgan fingerprint density at radius 2 is 1.86 bits per heavy atom. The van der Waals surface area contributed by atoms with E-state index in [0.717, 1.165) is 30.6 Å². The molecule has 0 saturated carbocycles. The van der Waals surface area contributed by atoms with Crippen LogP contribution in [0.2, 0.25) is 0 Å². The second-order valence-corrected chi connectivity index (χ2v) is 7.24. The molecule has 2 aromatic carbocycles. The fourth-order valence-electron chi connectivity index (χ4n) is 3.53. The van der Waals surface area contributed by atoms with Gasteiger partial charge in [0.05, 0.1) is 0 Å². The molecule has 0 unspecified atom stereocenters. The van der Waals surface area contributed by atoms with E-state index in [2.05, 4.69) is 12.2 Å². The molecule has 152 valence electrons. The zero-order valence-electron chi connectivity index (χ0n) is 16.5. The smallest absolute Gasteiger partial charge is 0.325 e. The summed E-state index contributed by atoms with van der Waals surface area (Å²) in [5.74, 6) is 1.11. The number of ether oxygens (including phenoxy) is 2. The number of anilines is 2. The fraction of sp³-hybridized carbons (Fsp3) is 0.364. The van der Waals surface area contributed by atoms with Gasteiger partial charge in [0, 0.05) is 30.5 Å². The first-order valence-electron chi connectivity index (χ1n) is 9.99. The number of amides is 3. The molecule has 0 atom stereocenters. The molecular formula is C22H25N3O4. The first-order valence-corrected chi connectivity index (χ1v) is 9.99.